The average Bonchev–Trinajstić information content (AvgIpc) is 2.93. The molecule has 0 saturated carbocycles. The molecule has 5 heteroatoms. The Bertz CT molecular complexity index is 756. The molecule has 0 fully saturated rings. The number of ether oxygens (including phenoxy) is 1. The lowest BCUT2D eigenvalue weighted by atomic mass is 10.0. The third kappa shape index (κ3) is 2.26. The van der Waals surface area contributed by atoms with Gasteiger partial charge in [-0.3, -0.25) is 4.98 Å². The van der Waals surface area contributed by atoms with Crippen molar-refractivity contribution in [3.8, 4) is 5.75 Å². The molecule has 0 amide bonds. The molecule has 102 valence electrons. The van der Waals surface area contributed by atoms with Crippen LogP contribution in [-0.4, -0.2) is 17.2 Å². The van der Waals surface area contributed by atoms with Crippen molar-refractivity contribution >= 4 is 21.6 Å². The van der Waals surface area contributed by atoms with Crippen LogP contribution in [0.25, 0.3) is 10.2 Å². The maximum Gasteiger partial charge on any atom is 0.165 e. The van der Waals surface area contributed by atoms with E-state index >= 15 is 0 Å². The van der Waals surface area contributed by atoms with Crippen LogP contribution >= 0.6 is 11.3 Å². The molecule has 3 aromatic rings. The van der Waals surface area contributed by atoms with E-state index in [0.29, 0.717) is 11.1 Å². The van der Waals surface area contributed by atoms with Crippen LogP contribution in [0.1, 0.15) is 17.2 Å². The average molecular weight is 289 g/mol. The molecule has 1 atom stereocenters. The molecule has 1 N–H and O–H groups in total. The van der Waals surface area contributed by atoms with E-state index in [4.69, 9.17) is 4.74 Å². The van der Waals surface area contributed by atoms with Crippen molar-refractivity contribution in [3.63, 3.8) is 0 Å². The fourth-order valence-electron chi connectivity index (χ4n) is 2.06. The first-order valence-corrected chi connectivity index (χ1v) is 6.91. The summed E-state index contributed by atoms with van der Waals surface area (Å²) < 4.78 is 19.5. The van der Waals surface area contributed by atoms with E-state index in [1.54, 1.807) is 23.6 Å². The highest BCUT2D eigenvalue weighted by molar-refractivity contribution is 7.17. The van der Waals surface area contributed by atoms with Gasteiger partial charge in [-0.1, -0.05) is 6.07 Å². The minimum Gasteiger partial charge on any atom is -0.494 e. The van der Waals surface area contributed by atoms with Crippen molar-refractivity contribution < 1.29 is 14.2 Å². The van der Waals surface area contributed by atoms with Gasteiger partial charge in [0.25, 0.3) is 0 Å². The molecule has 0 bridgehead atoms. The largest absolute Gasteiger partial charge is 0.494 e. The Labute approximate surface area is 119 Å². The van der Waals surface area contributed by atoms with Gasteiger partial charge in [0.1, 0.15) is 6.10 Å². The second kappa shape index (κ2) is 5.19. The molecular formula is C15H12FNO2S. The van der Waals surface area contributed by atoms with Gasteiger partial charge in [-0.25, -0.2) is 4.39 Å². The Balaban J connectivity index is 1.98. The van der Waals surface area contributed by atoms with Crippen LogP contribution in [0.5, 0.6) is 5.75 Å². The van der Waals surface area contributed by atoms with E-state index in [-0.39, 0.29) is 5.75 Å². The second-order valence-corrected chi connectivity index (χ2v) is 5.32. The molecule has 1 aromatic carbocycles. The van der Waals surface area contributed by atoms with Gasteiger partial charge < -0.3 is 9.84 Å². The number of aliphatic hydroxyl groups excluding tert-OH is 1. The third-order valence-corrected chi connectivity index (χ3v) is 3.98. The number of halogens is 1. The van der Waals surface area contributed by atoms with Gasteiger partial charge in [0.05, 0.1) is 17.3 Å². The number of hydrogen-bond donors (Lipinski definition) is 1. The van der Waals surface area contributed by atoms with Crippen LogP contribution in [0.15, 0.2) is 41.9 Å². The molecule has 20 heavy (non-hydrogen) atoms. The van der Waals surface area contributed by atoms with Gasteiger partial charge in [0.15, 0.2) is 11.6 Å². The van der Waals surface area contributed by atoms with Crippen LogP contribution in [0, 0.1) is 5.82 Å². The Morgan fingerprint density at radius 2 is 2.10 bits per heavy atom. The van der Waals surface area contributed by atoms with E-state index in [0.717, 1.165) is 10.2 Å². The molecule has 1 unspecified atom stereocenters. The lowest BCUT2D eigenvalue weighted by Crippen LogP contribution is -2.01. The van der Waals surface area contributed by atoms with Crippen LogP contribution in [0.3, 0.4) is 0 Å². The Morgan fingerprint density at radius 3 is 2.85 bits per heavy atom. The van der Waals surface area contributed by atoms with Crippen molar-refractivity contribution in [3.05, 3.63) is 58.9 Å². The molecule has 0 saturated heterocycles. The zero-order valence-electron chi connectivity index (χ0n) is 10.7. The number of rotatable bonds is 3. The van der Waals surface area contributed by atoms with Crippen molar-refractivity contribution in [2.45, 2.75) is 6.10 Å². The summed E-state index contributed by atoms with van der Waals surface area (Å²) >= 11 is 1.56. The number of aromatic nitrogens is 1. The number of fused-ring (bicyclic) bond motifs is 1. The summed E-state index contributed by atoms with van der Waals surface area (Å²) in [6.45, 7) is 0. The summed E-state index contributed by atoms with van der Waals surface area (Å²) in [6.07, 6.45) is 0.705. The van der Waals surface area contributed by atoms with E-state index in [9.17, 15) is 9.50 Å². The quantitative estimate of drug-likeness (QED) is 0.802. The Kier molecular flexibility index (Phi) is 3.38. The van der Waals surface area contributed by atoms with Crippen molar-refractivity contribution in [1.82, 2.24) is 4.98 Å². The smallest absolute Gasteiger partial charge is 0.165 e. The molecule has 0 aliphatic heterocycles. The zero-order chi connectivity index (χ0) is 14.1. The van der Waals surface area contributed by atoms with Crippen molar-refractivity contribution in [2.24, 2.45) is 0 Å². The molecule has 0 aliphatic rings. The molecule has 3 nitrogen and oxygen atoms in total. The predicted octanol–water partition coefficient (Wildman–Crippen LogP) is 3.53. The zero-order valence-corrected chi connectivity index (χ0v) is 11.5. The summed E-state index contributed by atoms with van der Waals surface area (Å²) in [5.74, 6) is -0.331. The van der Waals surface area contributed by atoms with Gasteiger partial charge in [0, 0.05) is 11.8 Å². The molecule has 3 rings (SSSR count). The van der Waals surface area contributed by atoms with E-state index in [1.165, 1.54) is 19.2 Å². The molecule has 2 heterocycles. The maximum atomic E-state index is 13.7. The number of nitrogens with zero attached hydrogens (tertiary/aromatic N) is 1. The monoisotopic (exact) mass is 289 g/mol. The number of benzene rings is 1. The Morgan fingerprint density at radius 1 is 1.25 bits per heavy atom. The first-order valence-electron chi connectivity index (χ1n) is 6.03. The number of pyridine rings is 1. The normalized spacial score (nSPS) is 12.6. The number of methoxy groups -OCH3 is 1. The number of hydrogen-bond acceptors (Lipinski definition) is 4. The SMILES string of the molecule is COc1ccc(C(O)c2cnc3ccsc3c2)cc1F. The van der Waals surface area contributed by atoms with Crippen molar-refractivity contribution in [1.29, 1.82) is 0 Å². The standard InChI is InChI=1S/C15H12FNO2S/c1-19-13-3-2-9(6-11(13)16)15(18)10-7-14-12(17-8-10)4-5-20-14/h2-8,15,18H,1H3. The summed E-state index contributed by atoms with van der Waals surface area (Å²) in [6, 6.07) is 8.22. The topological polar surface area (TPSA) is 42.4 Å². The van der Waals surface area contributed by atoms with E-state index in [1.807, 2.05) is 17.5 Å². The highest BCUT2D eigenvalue weighted by Gasteiger charge is 2.14. The van der Waals surface area contributed by atoms with Crippen molar-refractivity contribution in [2.75, 3.05) is 7.11 Å². The van der Waals surface area contributed by atoms with Gasteiger partial charge in [0.2, 0.25) is 0 Å². The molecule has 2 aromatic heterocycles. The number of aliphatic hydroxyl groups is 1. The predicted molar refractivity (Wildman–Crippen MR) is 76.6 cm³/mol. The highest BCUT2D eigenvalue weighted by atomic mass is 32.1. The van der Waals surface area contributed by atoms with E-state index < -0.39 is 11.9 Å². The second-order valence-electron chi connectivity index (χ2n) is 4.37. The summed E-state index contributed by atoms with van der Waals surface area (Å²) in [4.78, 5) is 4.28. The maximum absolute atomic E-state index is 13.7. The van der Waals surface area contributed by atoms with Gasteiger partial charge >= 0.3 is 0 Å². The summed E-state index contributed by atoms with van der Waals surface area (Å²) in [5, 5.41) is 12.3. The molecule has 0 spiro atoms. The molecule has 0 aliphatic carbocycles. The van der Waals surface area contributed by atoms with Crippen LogP contribution in [0.2, 0.25) is 0 Å². The van der Waals surface area contributed by atoms with E-state index in [2.05, 4.69) is 4.98 Å². The lowest BCUT2D eigenvalue weighted by Gasteiger charge is -2.12. The fourth-order valence-corrected chi connectivity index (χ4v) is 2.85. The molecule has 0 radical (unpaired) electrons. The molecular weight excluding hydrogens is 277 g/mol. The highest BCUT2D eigenvalue weighted by Crippen LogP contribution is 2.28. The first-order chi connectivity index (χ1) is 9.69. The van der Waals surface area contributed by atoms with Gasteiger partial charge in [-0.05, 0) is 35.2 Å². The number of thiophene rings is 1. The lowest BCUT2D eigenvalue weighted by molar-refractivity contribution is 0.219. The minimum absolute atomic E-state index is 0.160. The van der Waals surface area contributed by atoms with Gasteiger partial charge in [-0.2, -0.15) is 0 Å². The summed E-state index contributed by atoms with van der Waals surface area (Å²) in [7, 11) is 1.41. The minimum atomic E-state index is -0.908. The summed E-state index contributed by atoms with van der Waals surface area (Å²) in [5.41, 5.74) is 2.01. The van der Waals surface area contributed by atoms with Crippen LogP contribution in [0.4, 0.5) is 4.39 Å². The van der Waals surface area contributed by atoms with Gasteiger partial charge in [-0.15, -0.1) is 11.3 Å². The Hall–Kier alpha value is -1.98. The van der Waals surface area contributed by atoms with Crippen LogP contribution < -0.4 is 4.74 Å². The van der Waals surface area contributed by atoms with Crippen LogP contribution in [-0.2, 0) is 0 Å². The fraction of sp³-hybridized carbons (Fsp3) is 0.133. The third-order valence-electron chi connectivity index (χ3n) is 3.13. The first kappa shape index (κ1) is 13.0.